The van der Waals surface area contributed by atoms with Crippen LogP contribution >= 0.6 is 11.6 Å². The second kappa shape index (κ2) is 9.20. The number of methoxy groups -OCH3 is 1. The number of hydrogen-bond acceptors (Lipinski definition) is 2. The minimum absolute atomic E-state index is 0.0269. The number of benzene rings is 2. The van der Waals surface area contributed by atoms with Crippen molar-refractivity contribution in [3.8, 4) is 0 Å². The topological polar surface area (TPSA) is 29.5 Å². The first-order valence-corrected chi connectivity index (χ1v) is 9.62. The Morgan fingerprint density at radius 3 is 2.46 bits per heavy atom. The molecule has 0 radical (unpaired) electrons. The molecule has 0 aliphatic carbocycles. The molecular formula is C22H26ClNO2. The Bertz CT molecular complexity index is 711. The van der Waals surface area contributed by atoms with Crippen molar-refractivity contribution in [2.45, 2.75) is 25.2 Å². The molecule has 26 heavy (non-hydrogen) atoms. The van der Waals surface area contributed by atoms with Gasteiger partial charge in [0, 0.05) is 44.2 Å². The maximum atomic E-state index is 13.0. The van der Waals surface area contributed by atoms with Crippen molar-refractivity contribution in [3.63, 3.8) is 0 Å². The number of rotatable bonds is 6. The Balaban J connectivity index is 1.73. The van der Waals surface area contributed by atoms with Crippen molar-refractivity contribution in [3.05, 3.63) is 70.7 Å². The number of likely N-dealkylation sites (tertiary alicyclic amines) is 1. The number of carbonyl (C=O) groups excluding carboxylic acids is 1. The van der Waals surface area contributed by atoms with Gasteiger partial charge in [-0.15, -0.1) is 0 Å². The van der Waals surface area contributed by atoms with Crippen LogP contribution in [0.3, 0.4) is 0 Å². The molecular weight excluding hydrogens is 346 g/mol. The van der Waals surface area contributed by atoms with Gasteiger partial charge in [-0.05, 0) is 42.0 Å². The fourth-order valence-corrected chi connectivity index (χ4v) is 3.92. The van der Waals surface area contributed by atoms with Gasteiger partial charge in [0.25, 0.3) is 0 Å². The van der Waals surface area contributed by atoms with Crippen LogP contribution in [0, 0.1) is 5.92 Å². The van der Waals surface area contributed by atoms with Gasteiger partial charge >= 0.3 is 0 Å². The van der Waals surface area contributed by atoms with Crippen LogP contribution in [0.25, 0.3) is 0 Å². The number of nitrogens with zero attached hydrogens (tertiary/aromatic N) is 1. The van der Waals surface area contributed by atoms with Crippen LogP contribution in [0.5, 0.6) is 0 Å². The summed E-state index contributed by atoms with van der Waals surface area (Å²) in [5.41, 5.74) is 2.24. The highest BCUT2D eigenvalue weighted by Gasteiger charge is 2.26. The monoisotopic (exact) mass is 371 g/mol. The first-order valence-electron chi connectivity index (χ1n) is 9.24. The molecule has 1 aliphatic rings. The lowest BCUT2D eigenvalue weighted by Crippen LogP contribution is -2.39. The Hall–Kier alpha value is -1.84. The van der Waals surface area contributed by atoms with Gasteiger partial charge in [-0.1, -0.05) is 54.1 Å². The smallest absolute Gasteiger partial charge is 0.223 e. The second-order valence-corrected chi connectivity index (χ2v) is 7.44. The zero-order chi connectivity index (χ0) is 18.4. The molecule has 2 aromatic rings. The van der Waals surface area contributed by atoms with Gasteiger partial charge in [0.1, 0.15) is 0 Å². The van der Waals surface area contributed by atoms with E-state index in [1.54, 1.807) is 7.11 Å². The van der Waals surface area contributed by atoms with Crippen molar-refractivity contribution < 1.29 is 9.53 Å². The largest absolute Gasteiger partial charge is 0.384 e. The summed E-state index contributed by atoms with van der Waals surface area (Å²) >= 11 is 6.20. The highest BCUT2D eigenvalue weighted by Crippen LogP contribution is 2.31. The van der Waals surface area contributed by atoms with Crippen molar-refractivity contribution in [1.82, 2.24) is 4.90 Å². The Labute approximate surface area is 160 Å². The van der Waals surface area contributed by atoms with Crippen molar-refractivity contribution in [1.29, 1.82) is 0 Å². The number of piperidine rings is 1. The second-order valence-electron chi connectivity index (χ2n) is 7.00. The summed E-state index contributed by atoms with van der Waals surface area (Å²) in [5.74, 6) is 0.815. The van der Waals surface area contributed by atoms with Crippen LogP contribution in [-0.4, -0.2) is 37.6 Å². The maximum absolute atomic E-state index is 13.0. The average molecular weight is 372 g/mol. The lowest BCUT2D eigenvalue weighted by Gasteiger charge is -2.33. The molecule has 138 valence electrons. The van der Waals surface area contributed by atoms with E-state index in [9.17, 15) is 4.79 Å². The SMILES string of the molecule is COCC1CCN(C(=O)CC(c2ccccc2)c2cccc(Cl)c2)CC1. The molecule has 1 amide bonds. The van der Waals surface area contributed by atoms with Gasteiger partial charge in [-0.2, -0.15) is 0 Å². The molecule has 0 bridgehead atoms. The fraction of sp³-hybridized carbons (Fsp3) is 0.409. The Kier molecular flexibility index (Phi) is 6.70. The summed E-state index contributed by atoms with van der Waals surface area (Å²) in [6.45, 7) is 2.44. The van der Waals surface area contributed by atoms with Crippen LogP contribution in [-0.2, 0) is 9.53 Å². The highest BCUT2D eigenvalue weighted by molar-refractivity contribution is 6.30. The number of ether oxygens (including phenoxy) is 1. The summed E-state index contributed by atoms with van der Waals surface area (Å²) in [6.07, 6.45) is 2.51. The van der Waals surface area contributed by atoms with Crippen molar-refractivity contribution in [2.75, 3.05) is 26.8 Å². The number of carbonyl (C=O) groups is 1. The van der Waals surface area contributed by atoms with Gasteiger partial charge in [0.05, 0.1) is 0 Å². The third kappa shape index (κ3) is 4.87. The minimum Gasteiger partial charge on any atom is -0.384 e. The van der Waals surface area contributed by atoms with Crippen LogP contribution in [0.4, 0.5) is 0 Å². The molecule has 1 heterocycles. The van der Waals surface area contributed by atoms with Gasteiger partial charge in [0.15, 0.2) is 0 Å². The minimum atomic E-state index is 0.0269. The molecule has 4 heteroatoms. The molecule has 1 saturated heterocycles. The quantitative estimate of drug-likeness (QED) is 0.733. The van der Waals surface area contributed by atoms with E-state index in [-0.39, 0.29) is 11.8 Å². The zero-order valence-corrected chi connectivity index (χ0v) is 16.0. The fourth-order valence-electron chi connectivity index (χ4n) is 3.73. The summed E-state index contributed by atoms with van der Waals surface area (Å²) in [5, 5.41) is 0.705. The van der Waals surface area contributed by atoms with E-state index in [0.29, 0.717) is 17.4 Å². The predicted molar refractivity (Wildman–Crippen MR) is 106 cm³/mol. The van der Waals surface area contributed by atoms with Gasteiger partial charge in [-0.3, -0.25) is 4.79 Å². The van der Waals surface area contributed by atoms with E-state index < -0.39 is 0 Å². The van der Waals surface area contributed by atoms with Gasteiger partial charge < -0.3 is 9.64 Å². The van der Waals surface area contributed by atoms with E-state index >= 15 is 0 Å². The standard InChI is InChI=1S/C22H26ClNO2/c1-26-16-17-10-12-24(13-11-17)22(25)15-21(18-6-3-2-4-7-18)19-8-5-9-20(23)14-19/h2-9,14,17,21H,10-13,15-16H2,1H3. The molecule has 0 saturated carbocycles. The van der Waals surface area contributed by atoms with E-state index in [4.69, 9.17) is 16.3 Å². The highest BCUT2D eigenvalue weighted by atomic mass is 35.5. The van der Waals surface area contributed by atoms with Crippen molar-refractivity contribution in [2.24, 2.45) is 5.92 Å². The van der Waals surface area contributed by atoms with E-state index in [0.717, 1.165) is 43.7 Å². The van der Waals surface area contributed by atoms with Crippen LogP contribution in [0.15, 0.2) is 54.6 Å². The third-order valence-electron chi connectivity index (χ3n) is 5.20. The molecule has 1 atom stereocenters. The normalized spacial score (nSPS) is 16.5. The number of hydrogen-bond donors (Lipinski definition) is 0. The van der Waals surface area contributed by atoms with Crippen molar-refractivity contribution >= 4 is 17.5 Å². The van der Waals surface area contributed by atoms with E-state index in [1.807, 2.05) is 41.3 Å². The summed E-state index contributed by atoms with van der Waals surface area (Å²) < 4.78 is 5.25. The molecule has 3 nitrogen and oxygen atoms in total. The van der Waals surface area contributed by atoms with Gasteiger partial charge in [-0.25, -0.2) is 0 Å². The molecule has 0 aromatic heterocycles. The summed E-state index contributed by atoms with van der Waals surface area (Å²) in [7, 11) is 1.74. The Morgan fingerprint density at radius 1 is 1.12 bits per heavy atom. The first kappa shape index (κ1) is 18.9. The number of amides is 1. The summed E-state index contributed by atoms with van der Waals surface area (Å²) in [4.78, 5) is 15.0. The molecule has 3 rings (SSSR count). The molecule has 1 fully saturated rings. The lowest BCUT2D eigenvalue weighted by molar-refractivity contribution is -0.133. The molecule has 0 spiro atoms. The molecule has 1 aliphatic heterocycles. The maximum Gasteiger partial charge on any atom is 0.223 e. The van der Waals surface area contributed by atoms with Crippen LogP contribution in [0.1, 0.15) is 36.3 Å². The van der Waals surface area contributed by atoms with Gasteiger partial charge in [0.2, 0.25) is 5.91 Å². The van der Waals surface area contributed by atoms with Crippen LogP contribution < -0.4 is 0 Å². The summed E-state index contributed by atoms with van der Waals surface area (Å²) in [6, 6.07) is 18.1. The number of halogens is 1. The average Bonchev–Trinajstić information content (AvgIpc) is 2.67. The molecule has 1 unspecified atom stereocenters. The van der Waals surface area contributed by atoms with E-state index in [1.165, 1.54) is 0 Å². The molecule has 0 N–H and O–H groups in total. The molecule has 2 aromatic carbocycles. The lowest BCUT2D eigenvalue weighted by atomic mass is 9.87. The zero-order valence-electron chi connectivity index (χ0n) is 15.2. The van der Waals surface area contributed by atoms with E-state index in [2.05, 4.69) is 18.2 Å². The first-order chi connectivity index (χ1) is 12.7. The van der Waals surface area contributed by atoms with Crippen LogP contribution in [0.2, 0.25) is 5.02 Å². The predicted octanol–water partition coefficient (Wildman–Crippen LogP) is 4.75. The Morgan fingerprint density at radius 2 is 1.81 bits per heavy atom. The third-order valence-corrected chi connectivity index (χ3v) is 5.44.